The van der Waals surface area contributed by atoms with E-state index in [9.17, 15) is 4.79 Å². The number of allylic oxidation sites excluding steroid dienone is 2. The molecule has 0 bridgehead atoms. The fourth-order valence-corrected chi connectivity index (χ4v) is 2.76. The number of carbonyl (C=O) groups excluding carboxylic acids is 1. The van der Waals surface area contributed by atoms with Gasteiger partial charge >= 0.3 is 0 Å². The van der Waals surface area contributed by atoms with Crippen LogP contribution in [0.5, 0.6) is 5.75 Å². The maximum atomic E-state index is 12.6. The van der Waals surface area contributed by atoms with E-state index in [1.165, 1.54) is 18.4 Å². The number of aryl methyl sites for hydroxylation is 2. The topological polar surface area (TPSA) is 26.3 Å². The van der Waals surface area contributed by atoms with E-state index in [2.05, 4.69) is 19.9 Å². The van der Waals surface area contributed by atoms with Crippen LogP contribution in [0.2, 0.25) is 0 Å². The molecule has 0 radical (unpaired) electrons. The van der Waals surface area contributed by atoms with Crippen molar-refractivity contribution < 1.29 is 9.53 Å². The van der Waals surface area contributed by atoms with E-state index in [0.29, 0.717) is 5.76 Å². The summed E-state index contributed by atoms with van der Waals surface area (Å²) in [5.74, 6) is 1.40. The van der Waals surface area contributed by atoms with E-state index in [1.54, 1.807) is 0 Å². The molecule has 0 atom stereocenters. The van der Waals surface area contributed by atoms with Crippen molar-refractivity contribution in [1.29, 1.82) is 0 Å². The molecule has 0 aromatic heterocycles. The number of hydrogen-bond donors (Lipinski definition) is 0. The SMILES string of the molecule is CCCCCC(C)=C1Oc2c(C)c(C)cc(C)c2C1=O. The zero-order valence-corrected chi connectivity index (χ0v) is 13.2. The van der Waals surface area contributed by atoms with E-state index in [0.717, 1.165) is 40.9 Å². The summed E-state index contributed by atoms with van der Waals surface area (Å²) in [5, 5.41) is 0. The van der Waals surface area contributed by atoms with Gasteiger partial charge in [-0.05, 0) is 62.8 Å². The Kier molecular flexibility index (Phi) is 4.32. The summed E-state index contributed by atoms with van der Waals surface area (Å²) in [6.07, 6.45) is 4.45. The molecule has 1 heterocycles. The Labute approximate surface area is 121 Å². The van der Waals surface area contributed by atoms with Crippen molar-refractivity contribution in [2.75, 3.05) is 0 Å². The average molecular weight is 272 g/mol. The summed E-state index contributed by atoms with van der Waals surface area (Å²) < 4.78 is 5.93. The lowest BCUT2D eigenvalue weighted by molar-refractivity contribution is 0.101. The average Bonchev–Trinajstić information content (AvgIpc) is 2.75. The molecule has 1 aliphatic rings. The molecule has 2 heteroatoms. The Morgan fingerprint density at radius 1 is 1.15 bits per heavy atom. The number of ether oxygens (including phenoxy) is 1. The van der Waals surface area contributed by atoms with Gasteiger partial charge in [-0.1, -0.05) is 25.8 Å². The van der Waals surface area contributed by atoms with Crippen molar-refractivity contribution in [2.24, 2.45) is 0 Å². The number of benzene rings is 1. The molecular weight excluding hydrogens is 248 g/mol. The Bertz CT molecular complexity index is 580. The minimum absolute atomic E-state index is 0.0644. The zero-order valence-electron chi connectivity index (χ0n) is 13.2. The third-order valence-corrected chi connectivity index (χ3v) is 4.17. The number of carbonyl (C=O) groups is 1. The molecule has 0 saturated heterocycles. The normalized spacial score (nSPS) is 16.1. The molecule has 0 fully saturated rings. The Morgan fingerprint density at radius 3 is 2.50 bits per heavy atom. The number of unbranched alkanes of at least 4 members (excludes halogenated alkanes) is 2. The van der Waals surface area contributed by atoms with E-state index in [4.69, 9.17) is 4.74 Å². The van der Waals surface area contributed by atoms with Crippen molar-refractivity contribution in [1.82, 2.24) is 0 Å². The molecule has 1 aromatic carbocycles. The smallest absolute Gasteiger partial charge is 0.232 e. The van der Waals surface area contributed by atoms with Gasteiger partial charge in [0.1, 0.15) is 5.75 Å². The van der Waals surface area contributed by atoms with Crippen molar-refractivity contribution in [2.45, 2.75) is 60.3 Å². The van der Waals surface area contributed by atoms with E-state index in [-0.39, 0.29) is 5.78 Å². The number of hydrogen-bond acceptors (Lipinski definition) is 2. The van der Waals surface area contributed by atoms with Gasteiger partial charge in [0.05, 0.1) is 5.56 Å². The largest absolute Gasteiger partial charge is 0.452 e. The van der Waals surface area contributed by atoms with Gasteiger partial charge in [0.25, 0.3) is 0 Å². The van der Waals surface area contributed by atoms with Crippen LogP contribution in [0.3, 0.4) is 0 Å². The molecule has 2 nitrogen and oxygen atoms in total. The van der Waals surface area contributed by atoms with Crippen molar-refractivity contribution in [3.05, 3.63) is 39.7 Å². The highest BCUT2D eigenvalue weighted by Crippen LogP contribution is 2.39. The van der Waals surface area contributed by atoms with Gasteiger partial charge < -0.3 is 4.74 Å². The van der Waals surface area contributed by atoms with Gasteiger partial charge in [-0.25, -0.2) is 0 Å². The second-order valence-corrected chi connectivity index (χ2v) is 5.84. The van der Waals surface area contributed by atoms with E-state index in [1.807, 2.05) is 20.8 Å². The first kappa shape index (κ1) is 14.8. The predicted octanol–water partition coefficient (Wildman–Crippen LogP) is 5.04. The van der Waals surface area contributed by atoms with Gasteiger partial charge in [0, 0.05) is 0 Å². The lowest BCUT2D eigenvalue weighted by Gasteiger charge is -2.08. The van der Waals surface area contributed by atoms with E-state index >= 15 is 0 Å². The second kappa shape index (κ2) is 5.82. The maximum absolute atomic E-state index is 12.6. The van der Waals surface area contributed by atoms with Gasteiger partial charge in [-0.2, -0.15) is 0 Å². The summed E-state index contributed by atoms with van der Waals surface area (Å²) in [6.45, 7) is 10.3. The molecule has 0 spiro atoms. The van der Waals surface area contributed by atoms with Crippen LogP contribution in [-0.4, -0.2) is 5.78 Å². The van der Waals surface area contributed by atoms with Crippen LogP contribution in [0.25, 0.3) is 0 Å². The van der Waals surface area contributed by atoms with Crippen molar-refractivity contribution in [3.8, 4) is 5.75 Å². The van der Waals surface area contributed by atoms with Crippen LogP contribution in [-0.2, 0) is 0 Å². The summed E-state index contributed by atoms with van der Waals surface area (Å²) in [4.78, 5) is 12.6. The quantitative estimate of drug-likeness (QED) is 0.567. The number of ketones is 1. The fourth-order valence-electron chi connectivity index (χ4n) is 2.76. The summed E-state index contributed by atoms with van der Waals surface area (Å²) >= 11 is 0. The molecule has 1 aromatic rings. The minimum Gasteiger partial charge on any atom is -0.452 e. The van der Waals surface area contributed by atoms with Crippen molar-refractivity contribution in [3.63, 3.8) is 0 Å². The molecule has 0 N–H and O–H groups in total. The maximum Gasteiger partial charge on any atom is 0.232 e. The highest BCUT2D eigenvalue weighted by molar-refractivity contribution is 6.14. The van der Waals surface area contributed by atoms with Gasteiger partial charge in [-0.3, -0.25) is 4.79 Å². The molecule has 2 rings (SSSR count). The van der Waals surface area contributed by atoms with Crippen LogP contribution in [0.4, 0.5) is 0 Å². The van der Waals surface area contributed by atoms with Crippen LogP contribution < -0.4 is 4.74 Å². The van der Waals surface area contributed by atoms with Crippen LogP contribution in [0.15, 0.2) is 17.4 Å². The first-order valence-electron chi connectivity index (χ1n) is 7.50. The van der Waals surface area contributed by atoms with Crippen LogP contribution >= 0.6 is 0 Å². The summed E-state index contributed by atoms with van der Waals surface area (Å²) in [5.41, 5.74) is 5.12. The summed E-state index contributed by atoms with van der Waals surface area (Å²) in [6, 6.07) is 2.07. The first-order valence-corrected chi connectivity index (χ1v) is 7.50. The monoisotopic (exact) mass is 272 g/mol. The third kappa shape index (κ3) is 2.52. The Balaban J connectivity index is 2.36. The highest BCUT2D eigenvalue weighted by atomic mass is 16.5. The number of fused-ring (bicyclic) bond motifs is 1. The molecule has 0 saturated carbocycles. The second-order valence-electron chi connectivity index (χ2n) is 5.84. The third-order valence-electron chi connectivity index (χ3n) is 4.17. The molecule has 20 heavy (non-hydrogen) atoms. The van der Waals surface area contributed by atoms with Crippen LogP contribution in [0, 0.1) is 20.8 Å². The van der Waals surface area contributed by atoms with Gasteiger partial charge in [0.15, 0.2) is 5.76 Å². The number of Topliss-reactive ketones (excluding diaryl/α,β-unsaturated/α-hetero) is 1. The lowest BCUT2D eigenvalue weighted by atomic mass is 9.96. The Hall–Kier alpha value is -1.57. The molecule has 1 aliphatic heterocycles. The molecule has 0 unspecified atom stereocenters. The van der Waals surface area contributed by atoms with Crippen molar-refractivity contribution >= 4 is 5.78 Å². The molecular formula is C18H24O2. The lowest BCUT2D eigenvalue weighted by Crippen LogP contribution is -2.03. The van der Waals surface area contributed by atoms with Gasteiger partial charge in [-0.15, -0.1) is 0 Å². The highest BCUT2D eigenvalue weighted by Gasteiger charge is 2.32. The standard InChI is InChI=1S/C18H24O2/c1-6-7-8-9-11(2)17-16(19)15-13(4)10-12(3)14(5)18(15)20-17/h10H,6-9H2,1-5H3. The summed E-state index contributed by atoms with van der Waals surface area (Å²) in [7, 11) is 0. The molecule has 0 aliphatic carbocycles. The predicted molar refractivity (Wildman–Crippen MR) is 82.5 cm³/mol. The van der Waals surface area contributed by atoms with Gasteiger partial charge in [0.2, 0.25) is 5.78 Å². The number of rotatable bonds is 4. The van der Waals surface area contributed by atoms with E-state index < -0.39 is 0 Å². The first-order chi connectivity index (χ1) is 9.47. The fraction of sp³-hybridized carbons (Fsp3) is 0.500. The molecule has 108 valence electrons. The van der Waals surface area contributed by atoms with Crippen LogP contribution in [0.1, 0.15) is 66.6 Å². The minimum atomic E-state index is 0.0644. The zero-order chi connectivity index (χ0) is 14.9. The molecule has 0 amide bonds. The Morgan fingerprint density at radius 2 is 1.85 bits per heavy atom.